The number of hydrogen-bond acceptors (Lipinski definition) is 6. The first-order valence-electron chi connectivity index (χ1n) is 5.17. The number of hydrogen-bond donors (Lipinski definition) is 2. The zero-order chi connectivity index (χ0) is 13.3. The normalized spacial score (nSPS) is 10.7. The summed E-state index contributed by atoms with van der Waals surface area (Å²) in [6, 6.07) is 1.68. The number of phenolic OH excluding ortho intramolecular Hbond substituents is 1. The van der Waals surface area contributed by atoms with Crippen molar-refractivity contribution in [3.8, 4) is 22.9 Å². The van der Waals surface area contributed by atoms with Gasteiger partial charge in [0, 0.05) is 4.47 Å². The van der Waals surface area contributed by atoms with E-state index in [1.807, 2.05) is 6.92 Å². The first-order chi connectivity index (χ1) is 8.58. The highest BCUT2D eigenvalue weighted by atomic mass is 79.9. The number of ether oxygens (including phenoxy) is 1. The molecule has 0 spiro atoms. The summed E-state index contributed by atoms with van der Waals surface area (Å²) in [5.41, 5.74) is 6.66. The van der Waals surface area contributed by atoms with Crippen molar-refractivity contribution in [3.05, 3.63) is 22.0 Å². The van der Waals surface area contributed by atoms with Gasteiger partial charge in [0.25, 0.3) is 0 Å². The quantitative estimate of drug-likeness (QED) is 0.899. The molecule has 0 saturated heterocycles. The van der Waals surface area contributed by atoms with E-state index in [4.69, 9.17) is 15.0 Å². The molecule has 1 aromatic carbocycles. The van der Waals surface area contributed by atoms with Crippen molar-refractivity contribution in [2.24, 2.45) is 5.73 Å². The molecule has 0 fully saturated rings. The zero-order valence-corrected chi connectivity index (χ0v) is 11.5. The lowest BCUT2D eigenvalue weighted by molar-refractivity contribution is 0.371. The van der Waals surface area contributed by atoms with E-state index in [0.717, 1.165) is 10.0 Å². The molecule has 0 unspecified atom stereocenters. The molecular formula is C11H12BrN3O3. The Kier molecular flexibility index (Phi) is 3.53. The Hall–Kier alpha value is -1.60. The highest BCUT2D eigenvalue weighted by molar-refractivity contribution is 9.10. The molecule has 6 nitrogen and oxygen atoms in total. The van der Waals surface area contributed by atoms with Gasteiger partial charge in [0.1, 0.15) is 0 Å². The molecule has 0 aliphatic rings. The first-order valence-corrected chi connectivity index (χ1v) is 5.96. The van der Waals surface area contributed by atoms with Crippen LogP contribution in [-0.4, -0.2) is 22.4 Å². The molecule has 0 aliphatic heterocycles. The molecule has 0 atom stereocenters. The molecule has 0 saturated carbocycles. The Morgan fingerprint density at radius 2 is 2.28 bits per heavy atom. The number of methoxy groups -OCH3 is 1. The zero-order valence-electron chi connectivity index (χ0n) is 9.90. The molecule has 2 aromatic rings. The van der Waals surface area contributed by atoms with Gasteiger partial charge in [0.15, 0.2) is 11.5 Å². The average Bonchev–Trinajstić information content (AvgIpc) is 2.82. The minimum absolute atomic E-state index is 0.0254. The van der Waals surface area contributed by atoms with E-state index in [1.165, 1.54) is 7.11 Å². The van der Waals surface area contributed by atoms with Crippen LogP contribution in [0.4, 0.5) is 0 Å². The second-order valence-corrected chi connectivity index (χ2v) is 4.48. The number of aromatic nitrogens is 2. The maximum atomic E-state index is 10.1. The molecule has 0 amide bonds. The van der Waals surface area contributed by atoms with Crippen molar-refractivity contribution in [2.45, 2.75) is 13.5 Å². The molecule has 0 aliphatic carbocycles. The van der Waals surface area contributed by atoms with Gasteiger partial charge < -0.3 is 20.1 Å². The van der Waals surface area contributed by atoms with Crippen LogP contribution < -0.4 is 10.5 Å². The molecule has 96 valence electrons. The second-order valence-electron chi connectivity index (χ2n) is 3.63. The van der Waals surface area contributed by atoms with Gasteiger partial charge in [-0.2, -0.15) is 4.98 Å². The third-order valence-corrected chi connectivity index (χ3v) is 3.37. The van der Waals surface area contributed by atoms with Crippen LogP contribution in [0.1, 0.15) is 11.5 Å². The number of benzene rings is 1. The van der Waals surface area contributed by atoms with Crippen LogP contribution >= 0.6 is 15.9 Å². The van der Waals surface area contributed by atoms with Crippen molar-refractivity contribution < 1.29 is 14.4 Å². The Balaban J connectivity index is 2.65. The third-order valence-electron chi connectivity index (χ3n) is 2.55. The summed E-state index contributed by atoms with van der Waals surface area (Å²) in [4.78, 5) is 4.10. The first kappa shape index (κ1) is 12.8. The Morgan fingerprint density at radius 3 is 2.83 bits per heavy atom. The van der Waals surface area contributed by atoms with Crippen molar-refractivity contribution in [3.63, 3.8) is 0 Å². The molecular weight excluding hydrogens is 302 g/mol. The average molecular weight is 314 g/mol. The number of halogens is 1. The van der Waals surface area contributed by atoms with Gasteiger partial charge in [-0.25, -0.2) is 0 Å². The summed E-state index contributed by atoms with van der Waals surface area (Å²) in [7, 11) is 1.47. The molecule has 2 rings (SSSR count). The van der Waals surface area contributed by atoms with E-state index in [0.29, 0.717) is 17.2 Å². The van der Waals surface area contributed by atoms with E-state index in [-0.39, 0.29) is 18.1 Å². The van der Waals surface area contributed by atoms with Crippen LogP contribution in [-0.2, 0) is 6.54 Å². The van der Waals surface area contributed by atoms with Gasteiger partial charge in [-0.3, -0.25) is 0 Å². The van der Waals surface area contributed by atoms with Gasteiger partial charge in [0.2, 0.25) is 11.7 Å². The summed E-state index contributed by atoms with van der Waals surface area (Å²) in [5.74, 6) is 0.900. The van der Waals surface area contributed by atoms with Crippen molar-refractivity contribution in [1.29, 1.82) is 0 Å². The predicted molar refractivity (Wildman–Crippen MR) is 68.3 cm³/mol. The third kappa shape index (κ3) is 2.06. The van der Waals surface area contributed by atoms with Gasteiger partial charge in [-0.05, 0) is 18.6 Å². The lowest BCUT2D eigenvalue weighted by Gasteiger charge is -2.11. The molecule has 1 heterocycles. The summed E-state index contributed by atoms with van der Waals surface area (Å²) in [5, 5.41) is 13.9. The number of aromatic hydroxyl groups is 1. The van der Waals surface area contributed by atoms with Gasteiger partial charge in [-0.15, -0.1) is 0 Å². The maximum absolute atomic E-state index is 10.1. The maximum Gasteiger partial charge on any atom is 0.240 e. The molecule has 18 heavy (non-hydrogen) atoms. The van der Waals surface area contributed by atoms with E-state index >= 15 is 0 Å². The number of rotatable bonds is 3. The monoisotopic (exact) mass is 313 g/mol. The highest BCUT2D eigenvalue weighted by Crippen LogP contribution is 2.41. The minimum Gasteiger partial charge on any atom is -0.504 e. The topological polar surface area (TPSA) is 94.4 Å². The Labute approximate surface area is 112 Å². The van der Waals surface area contributed by atoms with Crippen LogP contribution in [0.25, 0.3) is 11.4 Å². The number of phenols is 1. The van der Waals surface area contributed by atoms with Crippen LogP contribution in [0.5, 0.6) is 11.5 Å². The molecule has 7 heteroatoms. The second kappa shape index (κ2) is 4.95. The van der Waals surface area contributed by atoms with Crippen molar-refractivity contribution in [1.82, 2.24) is 10.1 Å². The summed E-state index contributed by atoms with van der Waals surface area (Å²) in [6.07, 6.45) is 0. The lowest BCUT2D eigenvalue weighted by atomic mass is 10.1. The lowest BCUT2D eigenvalue weighted by Crippen LogP contribution is -1.96. The van der Waals surface area contributed by atoms with Crippen molar-refractivity contribution >= 4 is 15.9 Å². The number of nitrogens with zero attached hydrogens (tertiary/aromatic N) is 2. The van der Waals surface area contributed by atoms with Crippen molar-refractivity contribution in [2.75, 3.05) is 7.11 Å². The molecule has 0 bridgehead atoms. The summed E-state index contributed by atoms with van der Waals surface area (Å²) >= 11 is 3.39. The summed E-state index contributed by atoms with van der Waals surface area (Å²) in [6.45, 7) is 1.98. The number of nitrogens with two attached hydrogens (primary N) is 1. The standard InChI is InChI=1S/C11H12BrN3O3/c1-5-6(12)3-7(17-2)10(16)9(5)11-14-8(4-13)18-15-11/h3,16H,4,13H2,1-2H3. The molecule has 1 aromatic heterocycles. The molecule has 0 radical (unpaired) electrons. The Bertz CT molecular complexity index is 583. The largest absolute Gasteiger partial charge is 0.504 e. The highest BCUT2D eigenvalue weighted by Gasteiger charge is 2.20. The molecule has 3 N–H and O–H groups in total. The fraction of sp³-hybridized carbons (Fsp3) is 0.273. The van der Waals surface area contributed by atoms with E-state index in [2.05, 4.69) is 26.1 Å². The smallest absolute Gasteiger partial charge is 0.240 e. The van der Waals surface area contributed by atoms with Crippen LogP contribution in [0, 0.1) is 6.92 Å². The summed E-state index contributed by atoms with van der Waals surface area (Å²) < 4.78 is 10.8. The van der Waals surface area contributed by atoms with Crippen LogP contribution in [0.15, 0.2) is 15.1 Å². The SMILES string of the molecule is COc1cc(Br)c(C)c(-c2noc(CN)n2)c1O. The fourth-order valence-corrected chi connectivity index (χ4v) is 1.99. The fourth-order valence-electron chi connectivity index (χ4n) is 1.58. The predicted octanol–water partition coefficient (Wildman–Crippen LogP) is 1.98. The van der Waals surface area contributed by atoms with Crippen LogP contribution in [0.2, 0.25) is 0 Å². The minimum atomic E-state index is -0.0254. The van der Waals surface area contributed by atoms with Crippen LogP contribution in [0.3, 0.4) is 0 Å². The van der Waals surface area contributed by atoms with Gasteiger partial charge in [0.05, 0.1) is 19.2 Å². The van der Waals surface area contributed by atoms with E-state index in [1.54, 1.807) is 6.07 Å². The van der Waals surface area contributed by atoms with Gasteiger partial charge in [-0.1, -0.05) is 21.1 Å². The van der Waals surface area contributed by atoms with E-state index in [9.17, 15) is 5.11 Å². The van der Waals surface area contributed by atoms with E-state index < -0.39 is 0 Å². The van der Waals surface area contributed by atoms with Gasteiger partial charge >= 0.3 is 0 Å². The Morgan fingerprint density at radius 1 is 1.56 bits per heavy atom.